The second kappa shape index (κ2) is 8.50. The van der Waals surface area contributed by atoms with Crippen LogP contribution in [0.15, 0.2) is 61.9 Å². The Kier molecular flexibility index (Phi) is 6.13. The lowest BCUT2D eigenvalue weighted by molar-refractivity contribution is -0.195. The summed E-state index contributed by atoms with van der Waals surface area (Å²) in [5.41, 5.74) is -0.101. The lowest BCUT2D eigenvalue weighted by Gasteiger charge is -2.09. The van der Waals surface area contributed by atoms with Crippen molar-refractivity contribution in [3.8, 4) is 17.2 Å². The highest BCUT2D eigenvalue weighted by Gasteiger charge is 2.19. The summed E-state index contributed by atoms with van der Waals surface area (Å²) in [6.45, 7) is 6.87. The van der Waals surface area contributed by atoms with E-state index in [-0.39, 0.29) is 34.8 Å². The molecule has 0 radical (unpaired) electrons. The van der Waals surface area contributed by atoms with Crippen molar-refractivity contribution in [2.75, 3.05) is 6.61 Å². The molecule has 134 valence electrons. The molecule has 0 aliphatic carbocycles. The van der Waals surface area contributed by atoms with E-state index in [0.29, 0.717) is 0 Å². The molecule has 0 spiro atoms. The Bertz CT molecular complexity index is 855. The summed E-state index contributed by atoms with van der Waals surface area (Å²) in [6.07, 6.45) is 2.44. The summed E-state index contributed by atoms with van der Waals surface area (Å²) in [5.74, 6) is -1.96. The van der Waals surface area contributed by atoms with E-state index in [2.05, 4.69) is 17.9 Å². The maximum Gasteiger partial charge on any atom is 0.343 e. The largest absolute Gasteiger partial charge is 0.507 e. The van der Waals surface area contributed by atoms with E-state index in [1.165, 1.54) is 36.4 Å². The smallest absolute Gasteiger partial charge is 0.343 e. The zero-order valence-electron chi connectivity index (χ0n) is 13.7. The number of ether oxygens (including phenoxy) is 1. The van der Waals surface area contributed by atoms with E-state index in [1.807, 2.05) is 0 Å². The van der Waals surface area contributed by atoms with Crippen LogP contribution in [0.4, 0.5) is 0 Å². The van der Waals surface area contributed by atoms with Gasteiger partial charge in [0.15, 0.2) is 11.5 Å². The van der Waals surface area contributed by atoms with Crippen molar-refractivity contribution in [2.24, 2.45) is 0 Å². The topological polar surface area (TPSA) is 102 Å². The van der Waals surface area contributed by atoms with Crippen LogP contribution in [0, 0.1) is 0 Å². The number of carbonyl (C=O) groups excluding carboxylic acids is 2. The Labute approximate surface area is 149 Å². The molecule has 0 amide bonds. The highest BCUT2D eigenvalue weighted by atomic mass is 17.2. The highest BCUT2D eigenvalue weighted by Crippen LogP contribution is 2.29. The SMILES string of the molecule is C=CCOOc1ccc(C(=O)c2ccc(C(=O)OC=C)cc2O)c(O)c1. The number of ketones is 1. The summed E-state index contributed by atoms with van der Waals surface area (Å²) < 4.78 is 4.60. The van der Waals surface area contributed by atoms with Crippen LogP contribution in [0.1, 0.15) is 26.3 Å². The molecular weight excluding hydrogens is 340 g/mol. The Morgan fingerprint density at radius 3 is 2.23 bits per heavy atom. The van der Waals surface area contributed by atoms with Gasteiger partial charge in [-0.2, -0.15) is 4.89 Å². The summed E-state index contributed by atoms with van der Waals surface area (Å²) in [5, 5.41) is 20.1. The molecule has 0 saturated carbocycles. The number of phenols is 2. The summed E-state index contributed by atoms with van der Waals surface area (Å²) in [4.78, 5) is 33.8. The number of aromatic hydroxyl groups is 2. The van der Waals surface area contributed by atoms with Crippen molar-refractivity contribution < 1.29 is 34.3 Å². The first-order valence-corrected chi connectivity index (χ1v) is 7.41. The van der Waals surface area contributed by atoms with Gasteiger partial charge in [-0.1, -0.05) is 12.7 Å². The van der Waals surface area contributed by atoms with Gasteiger partial charge in [-0.15, -0.1) is 6.58 Å². The van der Waals surface area contributed by atoms with Gasteiger partial charge >= 0.3 is 5.97 Å². The lowest BCUT2D eigenvalue weighted by Crippen LogP contribution is -2.05. The number of carbonyl (C=O) groups is 2. The van der Waals surface area contributed by atoms with Crippen molar-refractivity contribution in [3.63, 3.8) is 0 Å². The van der Waals surface area contributed by atoms with Crippen molar-refractivity contribution >= 4 is 11.8 Å². The van der Waals surface area contributed by atoms with Gasteiger partial charge in [-0.05, 0) is 30.3 Å². The summed E-state index contributed by atoms with van der Waals surface area (Å²) in [7, 11) is 0. The van der Waals surface area contributed by atoms with Crippen LogP contribution in [0.25, 0.3) is 0 Å². The molecule has 0 heterocycles. The van der Waals surface area contributed by atoms with Crippen LogP contribution in [-0.4, -0.2) is 28.6 Å². The van der Waals surface area contributed by atoms with Crippen LogP contribution in [0.2, 0.25) is 0 Å². The molecule has 26 heavy (non-hydrogen) atoms. The quantitative estimate of drug-likeness (QED) is 0.142. The first kappa shape index (κ1) is 18.8. The minimum absolute atomic E-state index is 0.0475. The first-order valence-electron chi connectivity index (χ1n) is 7.41. The Morgan fingerprint density at radius 1 is 1.00 bits per heavy atom. The molecule has 0 saturated heterocycles. The summed E-state index contributed by atoms with van der Waals surface area (Å²) >= 11 is 0. The fourth-order valence-electron chi connectivity index (χ4n) is 2.04. The molecule has 0 bridgehead atoms. The van der Waals surface area contributed by atoms with Gasteiger partial charge in [-0.25, -0.2) is 4.79 Å². The van der Waals surface area contributed by atoms with E-state index in [4.69, 9.17) is 9.78 Å². The summed E-state index contributed by atoms with van der Waals surface area (Å²) in [6, 6.07) is 7.61. The third kappa shape index (κ3) is 4.28. The second-order valence-corrected chi connectivity index (χ2v) is 4.97. The average Bonchev–Trinajstić information content (AvgIpc) is 2.61. The van der Waals surface area contributed by atoms with Gasteiger partial charge in [-0.3, -0.25) is 4.79 Å². The van der Waals surface area contributed by atoms with Crippen molar-refractivity contribution in [3.05, 3.63) is 78.6 Å². The minimum atomic E-state index is -0.724. The Morgan fingerprint density at radius 2 is 1.65 bits per heavy atom. The fourth-order valence-corrected chi connectivity index (χ4v) is 2.04. The molecule has 2 aromatic rings. The van der Waals surface area contributed by atoms with E-state index < -0.39 is 17.5 Å². The van der Waals surface area contributed by atoms with Crippen molar-refractivity contribution in [2.45, 2.75) is 0 Å². The number of benzene rings is 2. The van der Waals surface area contributed by atoms with Gasteiger partial charge in [0.2, 0.25) is 0 Å². The Hall–Kier alpha value is -3.58. The maximum atomic E-state index is 12.5. The monoisotopic (exact) mass is 356 g/mol. The van der Waals surface area contributed by atoms with E-state index in [0.717, 1.165) is 12.3 Å². The predicted molar refractivity (Wildman–Crippen MR) is 92.0 cm³/mol. The number of hydrogen-bond acceptors (Lipinski definition) is 7. The molecule has 2 aromatic carbocycles. The second-order valence-electron chi connectivity index (χ2n) is 4.97. The molecule has 7 nitrogen and oxygen atoms in total. The van der Waals surface area contributed by atoms with Gasteiger partial charge in [0.05, 0.1) is 23.0 Å². The average molecular weight is 356 g/mol. The van der Waals surface area contributed by atoms with Crippen LogP contribution in [-0.2, 0) is 9.62 Å². The molecule has 0 aliphatic heterocycles. The van der Waals surface area contributed by atoms with Gasteiger partial charge < -0.3 is 19.8 Å². The van der Waals surface area contributed by atoms with Gasteiger partial charge in [0, 0.05) is 6.07 Å². The van der Waals surface area contributed by atoms with E-state index >= 15 is 0 Å². The minimum Gasteiger partial charge on any atom is -0.507 e. The number of esters is 1. The molecule has 2 N–H and O–H groups in total. The number of hydrogen-bond donors (Lipinski definition) is 2. The molecule has 0 unspecified atom stereocenters. The zero-order chi connectivity index (χ0) is 19.1. The molecule has 0 atom stereocenters. The fraction of sp³-hybridized carbons (Fsp3) is 0.0526. The molecule has 0 aliphatic rings. The Balaban J connectivity index is 2.24. The molecule has 7 heteroatoms. The third-order valence-electron chi connectivity index (χ3n) is 3.22. The number of phenolic OH excluding ortho intramolecular Hbond substituents is 2. The van der Waals surface area contributed by atoms with Crippen LogP contribution in [0.3, 0.4) is 0 Å². The molecule has 2 rings (SSSR count). The molecule has 0 fully saturated rings. The third-order valence-corrected chi connectivity index (χ3v) is 3.22. The number of rotatable bonds is 8. The lowest BCUT2D eigenvalue weighted by atomic mass is 10.00. The normalized spacial score (nSPS) is 10.0. The molecular formula is C19H16O7. The first-order chi connectivity index (χ1) is 12.5. The van der Waals surface area contributed by atoms with Gasteiger partial charge in [0.25, 0.3) is 0 Å². The van der Waals surface area contributed by atoms with E-state index in [9.17, 15) is 19.8 Å². The van der Waals surface area contributed by atoms with Crippen LogP contribution in [0.5, 0.6) is 17.2 Å². The van der Waals surface area contributed by atoms with Crippen molar-refractivity contribution in [1.29, 1.82) is 0 Å². The van der Waals surface area contributed by atoms with Crippen molar-refractivity contribution in [1.82, 2.24) is 0 Å². The van der Waals surface area contributed by atoms with E-state index in [1.54, 1.807) is 0 Å². The highest BCUT2D eigenvalue weighted by molar-refractivity contribution is 6.12. The zero-order valence-corrected chi connectivity index (χ0v) is 13.7. The predicted octanol–water partition coefficient (Wildman–Crippen LogP) is 3.13. The van der Waals surface area contributed by atoms with Gasteiger partial charge in [0.1, 0.15) is 18.1 Å². The van der Waals surface area contributed by atoms with Crippen LogP contribution < -0.4 is 4.89 Å². The maximum absolute atomic E-state index is 12.5. The molecule has 0 aromatic heterocycles. The standard InChI is InChI=1S/C19H16O7/c1-3-9-25-26-13-6-8-15(17(21)11-13)18(22)14-7-5-12(10-16(14)20)19(23)24-4-2/h3-8,10-11,20-21H,1-2,9H2. The van der Waals surface area contributed by atoms with Crippen LogP contribution >= 0.6 is 0 Å².